The van der Waals surface area contributed by atoms with Gasteiger partial charge in [-0.1, -0.05) is 37.6 Å². The molecular weight excluding hydrogens is 580 g/mol. The number of carbonyl (C=O) groups is 6. The number of allylic oxidation sites excluding steroid dienone is 4. The molecule has 1 saturated heterocycles. The minimum atomic E-state index is -1.56. The zero-order valence-corrected chi connectivity index (χ0v) is 25.3. The average Bonchev–Trinajstić information content (AvgIpc) is 3.42. The third-order valence-electron chi connectivity index (χ3n) is 11.6. The quantitative estimate of drug-likeness (QED) is 0.367. The van der Waals surface area contributed by atoms with E-state index in [1.807, 2.05) is 13.0 Å². The van der Waals surface area contributed by atoms with Crippen LogP contribution in [0, 0.1) is 28.6 Å². The van der Waals surface area contributed by atoms with Crippen molar-refractivity contribution in [1.82, 2.24) is 10.2 Å². The Morgan fingerprint density at radius 3 is 2.29 bits per heavy atom. The van der Waals surface area contributed by atoms with Gasteiger partial charge in [0.2, 0.25) is 11.8 Å². The molecule has 0 aromatic heterocycles. The highest BCUT2D eigenvalue weighted by molar-refractivity contribution is 6.23. The molecule has 6 aliphatic rings. The van der Waals surface area contributed by atoms with Gasteiger partial charge in [0.05, 0.1) is 17.2 Å². The number of imide groups is 2. The summed E-state index contributed by atoms with van der Waals surface area (Å²) in [6, 6.07) is 5.55. The molecule has 2 aliphatic heterocycles. The van der Waals surface area contributed by atoms with Gasteiger partial charge in [-0.2, -0.15) is 0 Å². The summed E-state index contributed by atoms with van der Waals surface area (Å²) in [5.41, 5.74) is -0.936. The van der Waals surface area contributed by atoms with Crippen molar-refractivity contribution in [1.29, 1.82) is 0 Å². The van der Waals surface area contributed by atoms with Crippen LogP contribution in [0.1, 0.15) is 79.5 Å². The first-order chi connectivity index (χ1) is 21.3. The molecule has 11 nitrogen and oxygen atoms in total. The van der Waals surface area contributed by atoms with Crippen LogP contribution >= 0.6 is 0 Å². The van der Waals surface area contributed by atoms with Crippen LogP contribution in [0.4, 0.5) is 0 Å². The third-order valence-corrected chi connectivity index (χ3v) is 11.6. The standard InChI is InChI=1S/C21H28O5.C13H10N2O4/c1-19-7-5-13(23)9-12(19)3-4-14-15-6-8-21(26,17(25)11-22)20(15,2)10-16(24)18(14)19;16-10-6-5-9(11(17)14-10)15-12(18)7-3-1-2-4-8(7)13(15)19/h5,7,9,14-16,18,22,24,26H,3-4,6,8,10-11H2,1-2H3;1-4,9H,5-6H2,(H,14,16,17)/t14-,15-,16-,18+,19-,20-,21-;/m0./s1. The molecule has 11 heteroatoms. The minimum absolute atomic E-state index is 0.00912. The second-order valence-electron chi connectivity index (χ2n) is 13.7. The van der Waals surface area contributed by atoms with Crippen molar-refractivity contribution in [3.05, 3.63) is 59.2 Å². The molecule has 1 unspecified atom stereocenters. The number of hydrogen-bond acceptors (Lipinski definition) is 9. The molecule has 4 aliphatic carbocycles. The molecule has 1 aromatic carbocycles. The first-order valence-electron chi connectivity index (χ1n) is 15.6. The van der Waals surface area contributed by atoms with Gasteiger partial charge in [0.1, 0.15) is 18.2 Å². The van der Waals surface area contributed by atoms with Gasteiger partial charge < -0.3 is 15.3 Å². The number of ketones is 2. The third kappa shape index (κ3) is 4.58. The Hall–Kier alpha value is -3.80. The highest BCUT2D eigenvalue weighted by Crippen LogP contribution is 2.67. The van der Waals surface area contributed by atoms with Gasteiger partial charge >= 0.3 is 0 Å². The Kier molecular flexibility index (Phi) is 7.57. The van der Waals surface area contributed by atoms with E-state index in [1.165, 1.54) is 0 Å². The predicted molar refractivity (Wildman–Crippen MR) is 158 cm³/mol. The number of amides is 4. The van der Waals surface area contributed by atoms with Crippen molar-refractivity contribution < 1.29 is 44.1 Å². The molecule has 45 heavy (non-hydrogen) atoms. The maximum Gasteiger partial charge on any atom is 0.262 e. The number of aliphatic hydroxyl groups excluding tert-OH is 2. The minimum Gasteiger partial charge on any atom is -0.393 e. The van der Waals surface area contributed by atoms with Crippen molar-refractivity contribution in [2.24, 2.45) is 28.6 Å². The molecular formula is C34H38N2O9. The van der Waals surface area contributed by atoms with Crippen molar-refractivity contribution in [3.8, 4) is 0 Å². The van der Waals surface area contributed by atoms with Crippen molar-refractivity contribution in [2.45, 2.75) is 76.5 Å². The van der Waals surface area contributed by atoms with Crippen LogP contribution in [0.3, 0.4) is 0 Å². The summed E-state index contributed by atoms with van der Waals surface area (Å²) in [6.45, 7) is 3.34. The smallest absolute Gasteiger partial charge is 0.262 e. The van der Waals surface area contributed by atoms with E-state index in [0.717, 1.165) is 29.7 Å². The van der Waals surface area contributed by atoms with Crippen LogP contribution in [-0.4, -0.2) is 79.8 Å². The van der Waals surface area contributed by atoms with Gasteiger partial charge in [-0.25, -0.2) is 0 Å². The highest BCUT2D eigenvalue weighted by Gasteiger charge is 2.68. The number of nitrogens with zero attached hydrogens (tertiary/aromatic N) is 1. The Morgan fingerprint density at radius 1 is 1.00 bits per heavy atom. The van der Waals surface area contributed by atoms with E-state index < -0.39 is 53.3 Å². The molecule has 4 N–H and O–H groups in total. The lowest BCUT2D eigenvalue weighted by atomic mass is 9.46. The van der Waals surface area contributed by atoms with E-state index in [1.54, 1.807) is 36.4 Å². The fraction of sp³-hybridized carbons (Fsp3) is 0.529. The van der Waals surface area contributed by atoms with Gasteiger partial charge in [-0.3, -0.25) is 39.0 Å². The van der Waals surface area contributed by atoms with Gasteiger partial charge in [-0.15, -0.1) is 0 Å². The topological polar surface area (TPSA) is 178 Å². The maximum atomic E-state index is 12.4. The van der Waals surface area contributed by atoms with E-state index >= 15 is 0 Å². The Balaban J connectivity index is 0.000000167. The Labute approximate surface area is 260 Å². The number of benzene rings is 1. The first kappa shape index (κ1) is 31.2. The van der Waals surface area contributed by atoms with Gasteiger partial charge in [0.15, 0.2) is 11.6 Å². The normalized spacial score (nSPS) is 38.3. The van der Waals surface area contributed by atoms with Gasteiger partial charge in [0.25, 0.3) is 11.8 Å². The predicted octanol–water partition coefficient (Wildman–Crippen LogP) is 1.65. The molecule has 4 fully saturated rings. The van der Waals surface area contributed by atoms with Gasteiger partial charge in [-0.05, 0) is 74.6 Å². The highest BCUT2D eigenvalue weighted by atomic mass is 16.3. The summed E-state index contributed by atoms with van der Waals surface area (Å²) < 4.78 is 0. The van der Waals surface area contributed by atoms with Crippen LogP contribution in [0.25, 0.3) is 0 Å². The second kappa shape index (κ2) is 10.9. The van der Waals surface area contributed by atoms with Crippen molar-refractivity contribution in [3.63, 3.8) is 0 Å². The lowest BCUT2D eigenvalue weighted by molar-refractivity contribution is -0.178. The van der Waals surface area contributed by atoms with Crippen LogP contribution in [0.15, 0.2) is 48.1 Å². The lowest BCUT2D eigenvalue weighted by Crippen LogP contribution is -2.61. The van der Waals surface area contributed by atoms with E-state index in [-0.39, 0.29) is 47.7 Å². The fourth-order valence-corrected chi connectivity index (χ4v) is 9.34. The van der Waals surface area contributed by atoms with Gasteiger partial charge in [0, 0.05) is 23.2 Å². The number of fused-ring (bicyclic) bond motifs is 6. The van der Waals surface area contributed by atoms with E-state index in [9.17, 15) is 44.1 Å². The van der Waals surface area contributed by atoms with E-state index in [4.69, 9.17) is 0 Å². The van der Waals surface area contributed by atoms with Crippen molar-refractivity contribution >= 4 is 35.2 Å². The number of Topliss-reactive ketones (excluding diaryl/α,β-unsaturated/α-hetero) is 1. The summed E-state index contributed by atoms with van der Waals surface area (Å²) in [5, 5.41) is 33.8. The zero-order chi connectivity index (χ0) is 32.5. The van der Waals surface area contributed by atoms with Crippen LogP contribution in [0.2, 0.25) is 0 Å². The number of carbonyl (C=O) groups excluding carboxylic acids is 6. The molecule has 1 aromatic rings. The molecule has 0 radical (unpaired) electrons. The average molecular weight is 619 g/mol. The van der Waals surface area contributed by atoms with Crippen LogP contribution in [-0.2, 0) is 19.2 Å². The number of hydrogen-bond donors (Lipinski definition) is 4. The number of nitrogens with one attached hydrogen (secondary N) is 1. The molecule has 3 saturated carbocycles. The molecule has 2 heterocycles. The van der Waals surface area contributed by atoms with Crippen LogP contribution in [0.5, 0.6) is 0 Å². The summed E-state index contributed by atoms with van der Waals surface area (Å²) in [7, 11) is 0. The Morgan fingerprint density at radius 2 is 1.67 bits per heavy atom. The monoisotopic (exact) mass is 618 g/mol. The number of rotatable bonds is 3. The number of aliphatic hydroxyl groups is 3. The Bertz CT molecular complexity index is 1550. The summed E-state index contributed by atoms with van der Waals surface area (Å²) in [6.07, 6.45) is 7.99. The first-order valence-corrected chi connectivity index (χ1v) is 15.6. The summed E-state index contributed by atoms with van der Waals surface area (Å²) in [5.74, 6) is -2.15. The second-order valence-corrected chi connectivity index (χ2v) is 13.7. The zero-order valence-electron chi connectivity index (χ0n) is 25.3. The van der Waals surface area contributed by atoms with Crippen LogP contribution < -0.4 is 5.32 Å². The molecule has 238 valence electrons. The fourth-order valence-electron chi connectivity index (χ4n) is 9.34. The van der Waals surface area contributed by atoms with E-state index in [0.29, 0.717) is 24.0 Å². The lowest BCUT2D eigenvalue weighted by Gasteiger charge is -2.59. The molecule has 0 spiro atoms. The van der Waals surface area contributed by atoms with E-state index in [2.05, 4.69) is 12.2 Å². The van der Waals surface area contributed by atoms with Crippen molar-refractivity contribution in [2.75, 3.05) is 6.61 Å². The summed E-state index contributed by atoms with van der Waals surface area (Å²) in [4.78, 5) is 72.3. The molecule has 0 bridgehead atoms. The SMILES string of the molecule is C[C@]12C=CC(=O)C=C1CC[C@@H]1[C@@H]2[C@@H](O)C[C@@]2(C)[C@H]1CC[C@]2(O)C(=O)CO.O=C1CCC(N2C(=O)c3ccccc3C2=O)C(=O)N1. The molecule has 8 atom stereocenters. The maximum absolute atomic E-state index is 12.4. The summed E-state index contributed by atoms with van der Waals surface area (Å²) >= 11 is 0. The molecule has 4 amide bonds. The number of piperidine rings is 1. The molecule has 7 rings (SSSR count). The largest absolute Gasteiger partial charge is 0.393 e.